The quantitative estimate of drug-likeness (QED) is 0.553. The van der Waals surface area contributed by atoms with Gasteiger partial charge in [0.05, 0.1) is 0 Å². The normalized spacial score (nSPS) is 15.2. The third kappa shape index (κ3) is 3.64. The highest BCUT2D eigenvalue weighted by Crippen LogP contribution is 2.36. The van der Waals surface area contributed by atoms with Crippen LogP contribution in [0.2, 0.25) is 6.32 Å². The van der Waals surface area contributed by atoms with Crippen molar-refractivity contribution < 1.29 is 0 Å². The lowest BCUT2D eigenvalue weighted by atomic mass is 9.70. The molecular weight excluding hydrogens is 143 g/mol. The maximum atomic E-state index is 2.41. The van der Waals surface area contributed by atoms with Crippen LogP contribution in [0.4, 0.5) is 0 Å². The van der Waals surface area contributed by atoms with E-state index in [2.05, 4.69) is 42.5 Å². The van der Waals surface area contributed by atoms with Crippen LogP contribution < -0.4 is 0 Å². The van der Waals surface area contributed by atoms with Crippen LogP contribution in [0.3, 0.4) is 0 Å². The highest BCUT2D eigenvalue weighted by Gasteiger charge is 2.26. The summed E-state index contributed by atoms with van der Waals surface area (Å²) < 4.78 is 0. The summed E-state index contributed by atoms with van der Waals surface area (Å²) >= 11 is 0. The number of hydrogen-bond donors (Lipinski definition) is 0. The second kappa shape index (κ2) is 4.94. The van der Waals surface area contributed by atoms with Gasteiger partial charge in [-0.3, -0.25) is 0 Å². The predicted molar refractivity (Wildman–Crippen MR) is 60.4 cm³/mol. The molecule has 0 saturated heterocycles. The standard InChI is InChI=1S/C11H25B/c1-9(2)10(3)11(4,5)7-6-8-12/h9-10H,6-8,12H2,1-5H3. The van der Waals surface area contributed by atoms with E-state index in [9.17, 15) is 0 Å². The summed E-state index contributed by atoms with van der Waals surface area (Å²) in [6.07, 6.45) is 4.08. The van der Waals surface area contributed by atoms with Gasteiger partial charge in [-0.15, -0.1) is 0 Å². The van der Waals surface area contributed by atoms with Crippen LogP contribution >= 0.6 is 0 Å². The van der Waals surface area contributed by atoms with Crippen molar-refractivity contribution in [2.24, 2.45) is 17.3 Å². The SMILES string of the molecule is BCCCC(C)(C)C(C)C(C)C. The third-order valence-corrected chi connectivity index (χ3v) is 3.41. The molecule has 0 radical (unpaired) electrons. The molecule has 0 heterocycles. The Morgan fingerprint density at radius 1 is 1.17 bits per heavy atom. The lowest BCUT2D eigenvalue weighted by Gasteiger charge is -2.34. The maximum Gasteiger partial charge on any atom is 0.101 e. The van der Waals surface area contributed by atoms with Gasteiger partial charge < -0.3 is 0 Å². The summed E-state index contributed by atoms with van der Waals surface area (Å²) in [6.45, 7) is 11.9. The Kier molecular flexibility index (Phi) is 4.97. The van der Waals surface area contributed by atoms with E-state index in [1.165, 1.54) is 19.2 Å². The highest BCUT2D eigenvalue weighted by molar-refractivity contribution is 6.08. The first-order chi connectivity index (χ1) is 5.41. The molecule has 1 atom stereocenters. The minimum Gasteiger partial charge on any atom is -0.0810 e. The predicted octanol–water partition coefficient (Wildman–Crippen LogP) is 3.14. The Morgan fingerprint density at radius 2 is 1.67 bits per heavy atom. The van der Waals surface area contributed by atoms with Gasteiger partial charge in [0.15, 0.2) is 0 Å². The van der Waals surface area contributed by atoms with Crippen LogP contribution in [-0.2, 0) is 0 Å². The molecule has 0 aliphatic rings. The fourth-order valence-corrected chi connectivity index (χ4v) is 1.76. The summed E-state index contributed by atoms with van der Waals surface area (Å²) in [4.78, 5) is 0. The zero-order valence-electron chi connectivity index (χ0n) is 9.78. The molecule has 0 fully saturated rings. The summed E-state index contributed by atoms with van der Waals surface area (Å²) in [5.41, 5.74) is 0.532. The van der Waals surface area contributed by atoms with Gasteiger partial charge in [0.25, 0.3) is 0 Å². The van der Waals surface area contributed by atoms with Gasteiger partial charge in [-0.2, -0.15) is 0 Å². The van der Waals surface area contributed by atoms with Crippen molar-refractivity contribution in [3.05, 3.63) is 0 Å². The first-order valence-corrected chi connectivity index (χ1v) is 5.41. The Labute approximate surface area is 79.5 Å². The van der Waals surface area contributed by atoms with Gasteiger partial charge in [0.1, 0.15) is 7.85 Å². The average molecular weight is 168 g/mol. The first-order valence-electron chi connectivity index (χ1n) is 5.41. The van der Waals surface area contributed by atoms with Crippen molar-refractivity contribution >= 4 is 7.85 Å². The van der Waals surface area contributed by atoms with Gasteiger partial charge >= 0.3 is 0 Å². The highest BCUT2D eigenvalue weighted by atomic mass is 14.3. The Morgan fingerprint density at radius 3 is 2.00 bits per heavy atom. The molecule has 0 saturated carbocycles. The van der Waals surface area contributed by atoms with Crippen molar-refractivity contribution in [2.45, 2.75) is 53.8 Å². The molecule has 0 N–H and O–H groups in total. The molecule has 72 valence electrons. The van der Waals surface area contributed by atoms with Crippen molar-refractivity contribution in [3.63, 3.8) is 0 Å². The Balaban J connectivity index is 3.99. The number of hydrogen-bond acceptors (Lipinski definition) is 0. The monoisotopic (exact) mass is 168 g/mol. The summed E-state index contributed by atoms with van der Waals surface area (Å²) in [7, 11) is 2.27. The van der Waals surface area contributed by atoms with Crippen LogP contribution in [-0.4, -0.2) is 7.85 Å². The molecule has 0 bridgehead atoms. The minimum atomic E-state index is 0.532. The lowest BCUT2D eigenvalue weighted by molar-refractivity contribution is 0.160. The van der Waals surface area contributed by atoms with Gasteiger partial charge in [0, 0.05) is 0 Å². The maximum absolute atomic E-state index is 2.41. The van der Waals surface area contributed by atoms with Gasteiger partial charge in [-0.25, -0.2) is 0 Å². The zero-order chi connectivity index (χ0) is 9.78. The molecule has 1 heteroatoms. The fraction of sp³-hybridized carbons (Fsp3) is 1.00. The summed E-state index contributed by atoms with van der Waals surface area (Å²) in [5.74, 6) is 1.65. The third-order valence-electron chi connectivity index (χ3n) is 3.41. The van der Waals surface area contributed by atoms with Crippen molar-refractivity contribution in [2.75, 3.05) is 0 Å². The minimum absolute atomic E-state index is 0.532. The molecule has 1 unspecified atom stereocenters. The van der Waals surface area contributed by atoms with Crippen LogP contribution in [0.15, 0.2) is 0 Å². The van der Waals surface area contributed by atoms with Crippen molar-refractivity contribution in [1.29, 1.82) is 0 Å². The first kappa shape index (κ1) is 12.1. The van der Waals surface area contributed by atoms with E-state index >= 15 is 0 Å². The topological polar surface area (TPSA) is 0 Å². The molecule has 0 aromatic rings. The summed E-state index contributed by atoms with van der Waals surface area (Å²) in [5, 5.41) is 0. The van der Waals surface area contributed by atoms with E-state index in [4.69, 9.17) is 0 Å². The van der Waals surface area contributed by atoms with Crippen LogP contribution in [0.1, 0.15) is 47.5 Å². The Bertz CT molecular complexity index is 116. The molecule has 0 aromatic heterocycles. The van der Waals surface area contributed by atoms with Crippen LogP contribution in [0.5, 0.6) is 0 Å². The molecule has 0 rings (SSSR count). The molecule has 0 amide bonds. The van der Waals surface area contributed by atoms with E-state index < -0.39 is 0 Å². The fourth-order valence-electron chi connectivity index (χ4n) is 1.76. The molecule has 0 spiro atoms. The molecule has 0 nitrogen and oxygen atoms in total. The summed E-state index contributed by atoms with van der Waals surface area (Å²) in [6, 6.07) is 0. The van der Waals surface area contributed by atoms with Gasteiger partial charge in [0.2, 0.25) is 0 Å². The van der Waals surface area contributed by atoms with Crippen LogP contribution in [0, 0.1) is 17.3 Å². The Hall–Kier alpha value is 0.0649. The van der Waals surface area contributed by atoms with Gasteiger partial charge in [-0.05, 0) is 23.7 Å². The average Bonchev–Trinajstić information content (AvgIpc) is 1.99. The molecule has 0 aliphatic carbocycles. The van der Waals surface area contributed by atoms with E-state index in [-0.39, 0.29) is 0 Å². The number of rotatable bonds is 5. The molecular formula is C11H25B. The smallest absolute Gasteiger partial charge is 0.0810 e. The second-order valence-corrected chi connectivity index (χ2v) is 5.12. The van der Waals surface area contributed by atoms with Crippen molar-refractivity contribution in [1.82, 2.24) is 0 Å². The molecule has 12 heavy (non-hydrogen) atoms. The molecule has 0 aromatic carbocycles. The van der Waals surface area contributed by atoms with Crippen LogP contribution in [0.25, 0.3) is 0 Å². The molecule has 0 aliphatic heterocycles. The zero-order valence-corrected chi connectivity index (χ0v) is 9.78. The second-order valence-electron chi connectivity index (χ2n) is 5.12. The van der Waals surface area contributed by atoms with E-state index in [0.717, 1.165) is 11.8 Å². The van der Waals surface area contributed by atoms with E-state index in [1.807, 2.05) is 0 Å². The van der Waals surface area contributed by atoms with E-state index in [0.29, 0.717) is 5.41 Å². The largest absolute Gasteiger partial charge is 0.101 e. The van der Waals surface area contributed by atoms with Crippen molar-refractivity contribution in [3.8, 4) is 0 Å². The lowest BCUT2D eigenvalue weighted by Crippen LogP contribution is -2.25. The van der Waals surface area contributed by atoms with E-state index in [1.54, 1.807) is 0 Å². The van der Waals surface area contributed by atoms with Gasteiger partial charge in [-0.1, -0.05) is 47.4 Å².